The van der Waals surface area contributed by atoms with Crippen LogP contribution >= 0.6 is 12.4 Å². The van der Waals surface area contributed by atoms with Crippen molar-refractivity contribution >= 4 is 30.8 Å². The number of nitrogens with zero attached hydrogens (tertiary/aromatic N) is 3. The summed E-state index contributed by atoms with van der Waals surface area (Å²) in [6.07, 6.45) is -7.39. The Bertz CT molecular complexity index is 906. The van der Waals surface area contributed by atoms with E-state index in [-0.39, 0.29) is 23.5 Å². The van der Waals surface area contributed by atoms with Gasteiger partial charge in [0.1, 0.15) is 0 Å². The van der Waals surface area contributed by atoms with Crippen molar-refractivity contribution in [3.05, 3.63) is 70.8 Å². The number of nitrogens with one attached hydrogen (secondary N) is 1. The van der Waals surface area contributed by atoms with Crippen molar-refractivity contribution in [3.8, 4) is 0 Å². The third-order valence-corrected chi connectivity index (χ3v) is 3.28. The van der Waals surface area contributed by atoms with E-state index in [0.29, 0.717) is 0 Å². The molecule has 2 rings (SSSR count). The van der Waals surface area contributed by atoms with Gasteiger partial charge in [-0.1, -0.05) is 36.4 Å². The van der Waals surface area contributed by atoms with Crippen molar-refractivity contribution in [3.63, 3.8) is 0 Å². The maximum atomic E-state index is 12.8. The first-order chi connectivity index (χ1) is 13.1. The van der Waals surface area contributed by atoms with E-state index in [1.54, 1.807) is 0 Å². The van der Waals surface area contributed by atoms with Gasteiger partial charge in [-0.15, -0.1) is 17.5 Å². The van der Waals surface area contributed by atoms with Crippen LogP contribution in [0.4, 0.5) is 26.3 Å². The van der Waals surface area contributed by atoms with Gasteiger partial charge in [-0.3, -0.25) is 0 Å². The van der Waals surface area contributed by atoms with Crippen molar-refractivity contribution < 1.29 is 26.3 Å². The fourth-order valence-electron chi connectivity index (χ4n) is 2.08. The second-order valence-electron chi connectivity index (χ2n) is 5.27. The van der Waals surface area contributed by atoms with Gasteiger partial charge in [0.2, 0.25) is 5.96 Å². The van der Waals surface area contributed by atoms with Crippen LogP contribution in [0.3, 0.4) is 0 Å². The largest absolute Gasteiger partial charge is 0.417 e. The molecule has 156 valence electrons. The summed E-state index contributed by atoms with van der Waals surface area (Å²) in [6.45, 7) is 0. The highest BCUT2D eigenvalue weighted by Gasteiger charge is 2.33. The SMILES string of the molecule is Cl.N/C(=N\N=C\c1ccccc1C(F)(F)F)N/N=C/c1ccccc1C(F)(F)F. The molecule has 0 spiro atoms. The van der Waals surface area contributed by atoms with Crippen molar-refractivity contribution in [2.24, 2.45) is 21.0 Å². The predicted octanol–water partition coefficient (Wildman–Crippen LogP) is 4.42. The van der Waals surface area contributed by atoms with E-state index < -0.39 is 29.4 Å². The minimum atomic E-state index is -4.56. The minimum absolute atomic E-state index is 0. The number of hydrogen-bond acceptors (Lipinski definition) is 3. The number of hydrazone groups is 1. The molecular formula is C17H14ClF6N5. The molecule has 0 amide bonds. The van der Waals surface area contributed by atoms with Crippen LogP contribution in [0.5, 0.6) is 0 Å². The molecular weight excluding hydrogens is 424 g/mol. The van der Waals surface area contributed by atoms with E-state index in [9.17, 15) is 26.3 Å². The normalized spacial score (nSPS) is 13.0. The van der Waals surface area contributed by atoms with E-state index >= 15 is 0 Å². The van der Waals surface area contributed by atoms with E-state index in [1.165, 1.54) is 36.4 Å². The summed E-state index contributed by atoms with van der Waals surface area (Å²) in [5, 5.41) is 10.3. The Hall–Kier alpha value is -3.08. The topological polar surface area (TPSA) is 75.1 Å². The predicted molar refractivity (Wildman–Crippen MR) is 100 cm³/mol. The zero-order chi connectivity index (χ0) is 20.8. The molecule has 0 aliphatic carbocycles. The third kappa shape index (κ3) is 7.11. The van der Waals surface area contributed by atoms with Gasteiger partial charge in [0.25, 0.3) is 0 Å². The molecule has 0 atom stereocenters. The summed E-state index contributed by atoms with van der Waals surface area (Å²) in [4.78, 5) is 0. The lowest BCUT2D eigenvalue weighted by Gasteiger charge is -2.09. The first kappa shape index (κ1) is 24.0. The molecule has 0 radical (unpaired) electrons. The van der Waals surface area contributed by atoms with E-state index in [2.05, 4.69) is 20.7 Å². The molecule has 0 saturated carbocycles. The van der Waals surface area contributed by atoms with Crippen LogP contribution in [0.2, 0.25) is 0 Å². The molecule has 0 unspecified atom stereocenters. The van der Waals surface area contributed by atoms with Crippen molar-refractivity contribution in [1.29, 1.82) is 0 Å². The molecule has 0 aromatic heterocycles. The van der Waals surface area contributed by atoms with E-state index in [4.69, 9.17) is 5.73 Å². The molecule has 0 bridgehead atoms. The van der Waals surface area contributed by atoms with Crippen molar-refractivity contribution in [2.75, 3.05) is 0 Å². The maximum Gasteiger partial charge on any atom is 0.417 e. The number of hydrogen-bond donors (Lipinski definition) is 2. The second kappa shape index (κ2) is 9.92. The van der Waals surface area contributed by atoms with Gasteiger partial charge in [0.15, 0.2) is 0 Å². The average Bonchev–Trinajstić information content (AvgIpc) is 2.61. The quantitative estimate of drug-likeness (QED) is 0.321. The second-order valence-corrected chi connectivity index (χ2v) is 5.27. The fourth-order valence-corrected chi connectivity index (χ4v) is 2.08. The summed E-state index contributed by atoms with van der Waals surface area (Å²) in [5.41, 5.74) is 5.32. The number of alkyl halides is 6. The zero-order valence-corrected chi connectivity index (χ0v) is 15.2. The highest BCUT2D eigenvalue weighted by atomic mass is 35.5. The average molecular weight is 438 g/mol. The monoisotopic (exact) mass is 437 g/mol. The summed E-state index contributed by atoms with van der Waals surface area (Å²) >= 11 is 0. The Balaban J connectivity index is 0.00000420. The number of halogens is 7. The Morgan fingerprint density at radius 2 is 1.24 bits per heavy atom. The van der Waals surface area contributed by atoms with Gasteiger partial charge in [-0.25, -0.2) is 5.43 Å². The van der Waals surface area contributed by atoms with Crippen LogP contribution in [0.1, 0.15) is 22.3 Å². The molecule has 0 saturated heterocycles. The van der Waals surface area contributed by atoms with E-state index in [0.717, 1.165) is 24.6 Å². The standard InChI is InChI=1S/C17H13F6N5.ClH/c18-16(19,20)13-7-3-1-5-11(13)9-25-27-15(24)28-26-10-12-6-2-4-8-14(12)17(21,22)23;/h1-10H,(H3,24,27,28);1H/b25-9+,26-10+;. The van der Waals surface area contributed by atoms with Crippen LogP contribution in [-0.4, -0.2) is 18.4 Å². The van der Waals surface area contributed by atoms with Gasteiger partial charge in [-0.05, 0) is 12.1 Å². The number of guanidine groups is 1. The van der Waals surface area contributed by atoms with Crippen LogP contribution in [0.15, 0.2) is 63.8 Å². The van der Waals surface area contributed by atoms with Crippen molar-refractivity contribution in [2.45, 2.75) is 12.4 Å². The molecule has 0 aliphatic heterocycles. The van der Waals surface area contributed by atoms with Crippen LogP contribution in [-0.2, 0) is 12.4 Å². The summed E-state index contributed by atoms with van der Waals surface area (Å²) in [6, 6.07) is 9.42. The van der Waals surface area contributed by atoms with Gasteiger partial charge in [0.05, 0.1) is 23.6 Å². The molecule has 0 aliphatic rings. The lowest BCUT2D eigenvalue weighted by Crippen LogP contribution is -2.27. The van der Waals surface area contributed by atoms with Gasteiger partial charge in [-0.2, -0.15) is 36.5 Å². The van der Waals surface area contributed by atoms with Crippen LogP contribution in [0.25, 0.3) is 0 Å². The summed E-state index contributed by atoms with van der Waals surface area (Å²) in [7, 11) is 0. The highest BCUT2D eigenvalue weighted by molar-refractivity contribution is 5.86. The molecule has 5 nitrogen and oxygen atoms in total. The van der Waals surface area contributed by atoms with E-state index in [1.807, 2.05) is 0 Å². The molecule has 0 fully saturated rings. The zero-order valence-electron chi connectivity index (χ0n) is 14.4. The molecule has 2 aromatic carbocycles. The lowest BCUT2D eigenvalue weighted by atomic mass is 10.1. The van der Waals surface area contributed by atoms with Crippen LogP contribution < -0.4 is 11.2 Å². The maximum absolute atomic E-state index is 12.8. The smallest absolute Gasteiger partial charge is 0.367 e. The third-order valence-electron chi connectivity index (χ3n) is 3.28. The Labute approximate surface area is 167 Å². The lowest BCUT2D eigenvalue weighted by molar-refractivity contribution is -0.138. The first-order valence-electron chi connectivity index (χ1n) is 7.57. The van der Waals surface area contributed by atoms with Gasteiger partial charge < -0.3 is 5.73 Å². The summed E-state index contributed by atoms with van der Waals surface area (Å²) < 4.78 is 77.1. The molecule has 0 heterocycles. The van der Waals surface area contributed by atoms with Crippen LogP contribution in [0, 0.1) is 0 Å². The van der Waals surface area contributed by atoms with Gasteiger partial charge in [0, 0.05) is 11.1 Å². The number of benzene rings is 2. The Kier molecular flexibility index (Phi) is 8.19. The number of nitrogens with two attached hydrogens (primary N) is 1. The summed E-state index contributed by atoms with van der Waals surface area (Å²) in [5.74, 6) is -0.429. The molecule has 12 heteroatoms. The highest BCUT2D eigenvalue weighted by Crippen LogP contribution is 2.31. The fraction of sp³-hybridized carbons (Fsp3) is 0.118. The minimum Gasteiger partial charge on any atom is -0.367 e. The van der Waals surface area contributed by atoms with Gasteiger partial charge >= 0.3 is 12.4 Å². The van der Waals surface area contributed by atoms with Crippen molar-refractivity contribution in [1.82, 2.24) is 5.43 Å². The first-order valence-corrected chi connectivity index (χ1v) is 7.57. The Morgan fingerprint density at radius 1 is 0.793 bits per heavy atom. The molecule has 3 N–H and O–H groups in total. The number of rotatable bonds is 4. The molecule has 2 aromatic rings. The Morgan fingerprint density at radius 3 is 1.72 bits per heavy atom. The molecule has 29 heavy (non-hydrogen) atoms.